The summed E-state index contributed by atoms with van der Waals surface area (Å²) in [6.07, 6.45) is 59.9. The molecule has 0 aliphatic carbocycles. The van der Waals surface area contributed by atoms with Crippen molar-refractivity contribution >= 4 is 5.91 Å². The Balaban J connectivity index is 1.70. The Morgan fingerprint density at radius 1 is 0.414 bits per heavy atom. The van der Waals surface area contributed by atoms with Gasteiger partial charge in [-0.25, -0.2) is 0 Å². The van der Waals surface area contributed by atoms with Crippen LogP contribution in [0.15, 0.2) is 60.8 Å². The molecule has 0 aromatic rings. The van der Waals surface area contributed by atoms with E-state index >= 15 is 0 Å². The molecule has 87 heavy (non-hydrogen) atoms. The van der Waals surface area contributed by atoms with Crippen LogP contribution in [0, 0.1) is 0 Å². The Bertz CT molecular complexity index is 1690. The quantitative estimate of drug-likeness (QED) is 0.0204. The number of hydrogen-bond donors (Lipinski definition) is 9. The predicted molar refractivity (Wildman–Crippen MR) is 355 cm³/mol. The summed E-state index contributed by atoms with van der Waals surface area (Å²) in [6.45, 7) is 2.80. The molecule has 1 amide bonds. The summed E-state index contributed by atoms with van der Waals surface area (Å²) in [6, 6.07) is -0.942. The van der Waals surface area contributed by atoms with E-state index in [1.807, 2.05) is 6.08 Å². The summed E-state index contributed by atoms with van der Waals surface area (Å²) in [5.41, 5.74) is 0. The lowest BCUT2D eigenvalue weighted by atomic mass is 9.97. The summed E-state index contributed by atoms with van der Waals surface area (Å²) < 4.78 is 22.8. The van der Waals surface area contributed by atoms with E-state index in [1.165, 1.54) is 218 Å². The summed E-state index contributed by atoms with van der Waals surface area (Å²) in [4.78, 5) is 13.3. The third-order valence-electron chi connectivity index (χ3n) is 17.4. The van der Waals surface area contributed by atoms with Gasteiger partial charge in [-0.15, -0.1) is 0 Å². The molecule has 14 nitrogen and oxygen atoms in total. The standard InChI is InChI=1S/C73H133NO13/c1-3-5-7-9-11-13-15-17-19-21-23-25-27-29-30-31-33-34-36-38-40-42-44-46-48-50-52-54-56-62(77)61(60-84-72-70(83)68(81)71(64(59-76)86-72)87-73-69(82)67(80)66(79)63(58-75)85-73)74-65(78)57-55-53-51-49-47-45-43-41-39-37-35-32-28-26-24-22-20-18-16-14-12-10-8-6-4-2/h16,18,22,24,38,40,46,48,54,56,61-64,66-73,75-77,79-83H,3-15,17,19-21,23,25-37,39,41-45,47,49-53,55,57-60H2,1-2H3,(H,74,78)/b18-16-,24-22-,40-38+,48-46+,56-54+. The maximum absolute atomic E-state index is 13.3. The zero-order chi connectivity index (χ0) is 63.1. The van der Waals surface area contributed by atoms with Crippen LogP contribution in [0.3, 0.4) is 0 Å². The lowest BCUT2D eigenvalue weighted by Gasteiger charge is -2.46. The van der Waals surface area contributed by atoms with Crippen LogP contribution < -0.4 is 5.32 Å². The molecule has 2 rings (SSSR count). The lowest BCUT2D eigenvalue weighted by molar-refractivity contribution is -0.359. The van der Waals surface area contributed by atoms with Gasteiger partial charge in [0.2, 0.25) is 5.91 Å². The smallest absolute Gasteiger partial charge is 0.220 e. The molecule has 2 fully saturated rings. The van der Waals surface area contributed by atoms with Gasteiger partial charge in [0.05, 0.1) is 32.0 Å². The number of allylic oxidation sites excluding steroid dienone is 9. The molecular weight excluding hydrogens is 1100 g/mol. The summed E-state index contributed by atoms with van der Waals surface area (Å²) in [5.74, 6) is -0.252. The predicted octanol–water partition coefficient (Wildman–Crippen LogP) is 14.8. The van der Waals surface area contributed by atoms with Gasteiger partial charge in [-0.1, -0.05) is 280 Å². The second-order valence-electron chi connectivity index (χ2n) is 25.3. The molecule has 14 heteroatoms. The van der Waals surface area contributed by atoms with Crippen LogP contribution in [-0.4, -0.2) is 140 Å². The number of rotatable bonds is 59. The third-order valence-corrected chi connectivity index (χ3v) is 17.4. The van der Waals surface area contributed by atoms with E-state index in [4.69, 9.17) is 18.9 Å². The zero-order valence-corrected chi connectivity index (χ0v) is 55.3. The zero-order valence-electron chi connectivity index (χ0n) is 55.3. The molecule has 0 radical (unpaired) electrons. The molecule has 2 saturated heterocycles. The van der Waals surface area contributed by atoms with Crippen LogP contribution in [0.4, 0.5) is 0 Å². The minimum Gasteiger partial charge on any atom is -0.394 e. The molecule has 9 N–H and O–H groups in total. The summed E-state index contributed by atoms with van der Waals surface area (Å²) >= 11 is 0. The van der Waals surface area contributed by atoms with Crippen molar-refractivity contribution in [1.29, 1.82) is 0 Å². The molecule has 0 bridgehead atoms. The average Bonchev–Trinajstić information content (AvgIpc) is 2.50. The molecule has 0 spiro atoms. The Morgan fingerprint density at radius 3 is 1.20 bits per heavy atom. The van der Waals surface area contributed by atoms with E-state index in [2.05, 4.69) is 67.8 Å². The number of aliphatic hydroxyl groups is 8. The number of aliphatic hydroxyl groups excluding tert-OH is 8. The number of unbranched alkanes of at least 4 members (excludes halogenated alkanes) is 38. The van der Waals surface area contributed by atoms with Gasteiger partial charge < -0.3 is 65.1 Å². The minimum atomic E-state index is -1.79. The first-order chi connectivity index (χ1) is 42.6. The van der Waals surface area contributed by atoms with E-state index in [0.717, 1.165) is 51.4 Å². The van der Waals surface area contributed by atoms with Crippen LogP contribution in [0.1, 0.15) is 303 Å². The van der Waals surface area contributed by atoms with E-state index in [1.54, 1.807) is 6.08 Å². The topological polar surface area (TPSA) is 228 Å². The van der Waals surface area contributed by atoms with Gasteiger partial charge in [0.1, 0.15) is 48.8 Å². The second kappa shape index (κ2) is 57.6. The highest BCUT2D eigenvalue weighted by Crippen LogP contribution is 2.30. The van der Waals surface area contributed by atoms with Gasteiger partial charge >= 0.3 is 0 Å². The van der Waals surface area contributed by atoms with Crippen molar-refractivity contribution in [3.8, 4) is 0 Å². The van der Waals surface area contributed by atoms with E-state index in [-0.39, 0.29) is 18.9 Å². The maximum Gasteiger partial charge on any atom is 0.220 e. The van der Waals surface area contributed by atoms with Gasteiger partial charge in [0, 0.05) is 6.42 Å². The third kappa shape index (κ3) is 41.7. The fourth-order valence-electron chi connectivity index (χ4n) is 11.7. The van der Waals surface area contributed by atoms with Crippen LogP contribution in [0.5, 0.6) is 0 Å². The van der Waals surface area contributed by atoms with Crippen molar-refractivity contribution in [2.75, 3.05) is 19.8 Å². The molecule has 2 aliphatic heterocycles. The monoisotopic (exact) mass is 1230 g/mol. The van der Waals surface area contributed by atoms with Gasteiger partial charge in [-0.05, 0) is 77.0 Å². The number of ether oxygens (including phenoxy) is 4. The fourth-order valence-corrected chi connectivity index (χ4v) is 11.7. The van der Waals surface area contributed by atoms with Crippen LogP contribution >= 0.6 is 0 Å². The first-order valence-corrected chi connectivity index (χ1v) is 36.0. The van der Waals surface area contributed by atoms with Crippen molar-refractivity contribution in [2.24, 2.45) is 0 Å². The molecule has 508 valence electrons. The number of hydrogen-bond acceptors (Lipinski definition) is 13. The molecule has 2 aliphatic rings. The van der Waals surface area contributed by atoms with Crippen LogP contribution in [0.25, 0.3) is 0 Å². The molecule has 12 unspecified atom stereocenters. The molecule has 0 aromatic carbocycles. The van der Waals surface area contributed by atoms with Gasteiger partial charge in [-0.3, -0.25) is 4.79 Å². The second-order valence-corrected chi connectivity index (χ2v) is 25.3. The van der Waals surface area contributed by atoms with Crippen molar-refractivity contribution in [3.05, 3.63) is 60.8 Å². The lowest BCUT2D eigenvalue weighted by Crippen LogP contribution is -2.65. The SMILES string of the molecule is CCCCCCC/C=C\C/C=C\CCCCCCCCCCCCCCCC(=O)NC(COC1OC(CO)C(OC2OC(CO)C(O)C(O)C2O)C(O)C1O)C(O)/C=C/CC/C=C/CC/C=C/CCCCCCCCCCCCCCCCCCCC. The first kappa shape index (κ1) is 80.8. The first-order valence-electron chi connectivity index (χ1n) is 36.0. The van der Waals surface area contributed by atoms with E-state index in [0.29, 0.717) is 12.8 Å². The molecule has 0 aromatic heterocycles. The molecular formula is C73H133NO13. The minimum absolute atomic E-state index is 0.252. The van der Waals surface area contributed by atoms with Gasteiger partial charge in [0.15, 0.2) is 12.6 Å². The van der Waals surface area contributed by atoms with Gasteiger partial charge in [0.25, 0.3) is 0 Å². The Hall–Kier alpha value is -2.31. The number of carbonyl (C=O) groups is 1. The number of nitrogens with one attached hydrogen (secondary N) is 1. The number of carbonyl (C=O) groups excluding carboxylic acids is 1. The van der Waals surface area contributed by atoms with Crippen molar-refractivity contribution < 1.29 is 64.6 Å². The highest BCUT2D eigenvalue weighted by Gasteiger charge is 2.51. The largest absolute Gasteiger partial charge is 0.394 e. The normalized spacial score (nSPS) is 23.6. The van der Waals surface area contributed by atoms with Crippen molar-refractivity contribution in [3.63, 3.8) is 0 Å². The molecule has 12 atom stereocenters. The van der Waals surface area contributed by atoms with Crippen LogP contribution in [0.2, 0.25) is 0 Å². The van der Waals surface area contributed by atoms with Crippen LogP contribution in [-0.2, 0) is 23.7 Å². The Kier molecular flexibility index (Phi) is 53.5. The van der Waals surface area contributed by atoms with E-state index in [9.17, 15) is 45.6 Å². The molecule has 0 saturated carbocycles. The van der Waals surface area contributed by atoms with Crippen molar-refractivity contribution in [1.82, 2.24) is 5.32 Å². The summed E-state index contributed by atoms with van der Waals surface area (Å²) in [7, 11) is 0. The Labute approximate surface area is 530 Å². The summed E-state index contributed by atoms with van der Waals surface area (Å²) in [5, 5.41) is 87.4. The highest BCUT2D eigenvalue weighted by atomic mass is 16.7. The van der Waals surface area contributed by atoms with Crippen molar-refractivity contribution in [2.45, 2.75) is 376 Å². The molecule has 2 heterocycles. The van der Waals surface area contributed by atoms with E-state index < -0.39 is 86.8 Å². The fraction of sp³-hybridized carbons (Fsp3) is 0.849. The Morgan fingerprint density at radius 2 is 0.770 bits per heavy atom. The maximum atomic E-state index is 13.3. The highest BCUT2D eigenvalue weighted by molar-refractivity contribution is 5.76. The number of amides is 1. The van der Waals surface area contributed by atoms with Gasteiger partial charge in [-0.2, -0.15) is 0 Å². The average molecular weight is 1230 g/mol.